The molecule has 0 radical (unpaired) electrons. The van der Waals surface area contributed by atoms with Gasteiger partial charge in [0.15, 0.2) is 5.82 Å². The molecule has 102 valence electrons. The van der Waals surface area contributed by atoms with Gasteiger partial charge in [0.1, 0.15) is 10.6 Å². The number of nitrogen functional groups attached to an aromatic ring is 1. The molecule has 1 heterocycles. The van der Waals surface area contributed by atoms with E-state index in [1.807, 2.05) is 0 Å². The van der Waals surface area contributed by atoms with E-state index >= 15 is 0 Å². The van der Waals surface area contributed by atoms with Gasteiger partial charge in [-0.2, -0.15) is 17.5 Å². The molecular weight excluding hydrogens is 269 g/mol. The van der Waals surface area contributed by atoms with Crippen LogP contribution in [0.2, 0.25) is 0 Å². The summed E-state index contributed by atoms with van der Waals surface area (Å²) in [7, 11) is 1.44. The van der Waals surface area contributed by atoms with E-state index in [1.165, 1.54) is 7.05 Å². The third-order valence-electron chi connectivity index (χ3n) is 2.10. The van der Waals surface area contributed by atoms with Crippen molar-refractivity contribution in [2.75, 3.05) is 24.6 Å². The van der Waals surface area contributed by atoms with Crippen molar-refractivity contribution in [1.29, 1.82) is 0 Å². The lowest BCUT2D eigenvalue weighted by molar-refractivity contribution is -0.134. The van der Waals surface area contributed by atoms with Crippen LogP contribution >= 0.6 is 11.5 Å². The van der Waals surface area contributed by atoms with Gasteiger partial charge in [0, 0.05) is 20.0 Å². The van der Waals surface area contributed by atoms with Gasteiger partial charge >= 0.3 is 6.18 Å². The van der Waals surface area contributed by atoms with Gasteiger partial charge in [0.05, 0.1) is 0 Å². The first-order chi connectivity index (χ1) is 8.35. The number of hydrogen-bond donors (Lipinski definition) is 3. The van der Waals surface area contributed by atoms with Crippen LogP contribution in [0.3, 0.4) is 0 Å². The van der Waals surface area contributed by atoms with Gasteiger partial charge in [-0.15, -0.1) is 0 Å². The van der Waals surface area contributed by atoms with Crippen molar-refractivity contribution in [2.45, 2.75) is 19.0 Å². The largest absolute Gasteiger partial charge is 0.389 e. The number of alkyl halides is 3. The Kier molecular flexibility index (Phi) is 4.76. The Balaban J connectivity index is 2.55. The summed E-state index contributed by atoms with van der Waals surface area (Å²) < 4.78 is 39.6. The molecule has 0 saturated heterocycles. The summed E-state index contributed by atoms with van der Waals surface area (Å²) >= 11 is 0.950. The van der Waals surface area contributed by atoms with Crippen molar-refractivity contribution in [3.05, 3.63) is 5.56 Å². The number of carbonyl (C=O) groups excluding carboxylic acids is 1. The Bertz CT molecular complexity index is 418. The predicted octanol–water partition coefficient (Wildman–Crippen LogP) is 1.84. The lowest BCUT2D eigenvalue weighted by Gasteiger charge is -2.08. The number of nitrogens with zero attached hydrogens (tertiary/aromatic N) is 1. The molecule has 1 aromatic heterocycles. The molecule has 4 N–H and O–H groups in total. The van der Waals surface area contributed by atoms with Crippen molar-refractivity contribution in [3.8, 4) is 0 Å². The van der Waals surface area contributed by atoms with Gasteiger partial charge in [-0.3, -0.25) is 4.79 Å². The zero-order chi connectivity index (χ0) is 13.8. The topological polar surface area (TPSA) is 80.0 Å². The molecule has 18 heavy (non-hydrogen) atoms. The highest BCUT2D eigenvalue weighted by molar-refractivity contribution is 7.11. The van der Waals surface area contributed by atoms with E-state index in [-0.39, 0.29) is 24.3 Å². The molecule has 5 nitrogen and oxygen atoms in total. The maximum atomic E-state index is 11.9. The number of halogens is 3. The number of hydrogen-bond acceptors (Lipinski definition) is 5. The highest BCUT2D eigenvalue weighted by Crippen LogP contribution is 2.27. The first-order valence-electron chi connectivity index (χ1n) is 5.13. The summed E-state index contributed by atoms with van der Waals surface area (Å²) in [5, 5.41) is 5.51. The second-order valence-corrected chi connectivity index (χ2v) is 4.27. The van der Waals surface area contributed by atoms with E-state index in [4.69, 9.17) is 5.73 Å². The average molecular weight is 282 g/mol. The van der Waals surface area contributed by atoms with Crippen LogP contribution in [0.15, 0.2) is 0 Å². The van der Waals surface area contributed by atoms with Crippen molar-refractivity contribution in [3.63, 3.8) is 0 Å². The number of nitrogens with two attached hydrogens (primary N) is 1. The molecule has 0 atom stereocenters. The molecule has 0 aliphatic carbocycles. The minimum Gasteiger partial charge on any atom is -0.382 e. The zero-order valence-electron chi connectivity index (χ0n) is 9.60. The number of aromatic nitrogens is 1. The molecular formula is C9H13F3N4OS. The van der Waals surface area contributed by atoms with Crippen molar-refractivity contribution in [1.82, 2.24) is 9.69 Å². The summed E-state index contributed by atoms with van der Waals surface area (Å²) in [5.74, 6) is -0.350. The minimum absolute atomic E-state index is 0.0673. The summed E-state index contributed by atoms with van der Waals surface area (Å²) in [6.45, 7) is 0.102. The monoisotopic (exact) mass is 282 g/mol. The first-order valence-corrected chi connectivity index (χ1v) is 5.90. The molecule has 0 fully saturated rings. The van der Waals surface area contributed by atoms with Crippen LogP contribution in [-0.4, -0.2) is 30.0 Å². The number of rotatable bonds is 5. The smallest absolute Gasteiger partial charge is 0.382 e. The van der Waals surface area contributed by atoms with Gasteiger partial charge in [-0.1, -0.05) is 0 Å². The molecule has 0 bridgehead atoms. The summed E-state index contributed by atoms with van der Waals surface area (Å²) in [6, 6.07) is 0. The molecule has 1 aromatic rings. The second-order valence-electron chi connectivity index (χ2n) is 3.50. The molecule has 0 unspecified atom stereocenters. The van der Waals surface area contributed by atoms with E-state index in [0.717, 1.165) is 11.5 Å². The molecule has 1 rings (SSSR count). The molecule has 0 spiro atoms. The normalized spacial score (nSPS) is 11.3. The Morgan fingerprint density at radius 3 is 2.72 bits per heavy atom. The van der Waals surface area contributed by atoms with Gasteiger partial charge in [0.2, 0.25) is 0 Å². The quantitative estimate of drug-likeness (QED) is 0.720. The van der Waals surface area contributed by atoms with E-state index in [1.54, 1.807) is 0 Å². The van der Waals surface area contributed by atoms with E-state index in [2.05, 4.69) is 15.0 Å². The molecule has 0 aliphatic heterocycles. The third kappa shape index (κ3) is 4.06. The van der Waals surface area contributed by atoms with E-state index in [0.29, 0.717) is 5.00 Å². The Morgan fingerprint density at radius 2 is 2.17 bits per heavy atom. The van der Waals surface area contributed by atoms with Crippen molar-refractivity contribution >= 4 is 28.3 Å². The fourth-order valence-corrected chi connectivity index (χ4v) is 1.99. The van der Waals surface area contributed by atoms with Gasteiger partial charge in [0.25, 0.3) is 5.91 Å². The van der Waals surface area contributed by atoms with Gasteiger partial charge in [-0.05, 0) is 18.0 Å². The van der Waals surface area contributed by atoms with Crippen LogP contribution in [0.5, 0.6) is 0 Å². The third-order valence-corrected chi connectivity index (χ3v) is 2.91. The molecule has 1 amide bonds. The maximum absolute atomic E-state index is 11.9. The number of carbonyl (C=O) groups is 1. The van der Waals surface area contributed by atoms with E-state index < -0.39 is 18.5 Å². The lowest BCUT2D eigenvalue weighted by Crippen LogP contribution is -2.20. The van der Waals surface area contributed by atoms with Crippen LogP contribution < -0.4 is 16.4 Å². The highest BCUT2D eigenvalue weighted by Gasteiger charge is 2.26. The maximum Gasteiger partial charge on any atom is 0.389 e. The second kappa shape index (κ2) is 5.89. The van der Waals surface area contributed by atoms with Crippen LogP contribution in [-0.2, 0) is 0 Å². The molecule has 0 aromatic carbocycles. The summed E-state index contributed by atoms with van der Waals surface area (Å²) in [5.41, 5.74) is 5.69. The van der Waals surface area contributed by atoms with E-state index in [9.17, 15) is 18.0 Å². The molecule has 9 heteroatoms. The zero-order valence-corrected chi connectivity index (χ0v) is 10.4. The SMILES string of the molecule is CNC(=O)c1c(N)nsc1NCCCC(F)(F)F. The minimum atomic E-state index is -4.17. The Hall–Kier alpha value is -1.51. The van der Waals surface area contributed by atoms with Gasteiger partial charge in [-0.25, -0.2) is 0 Å². The van der Waals surface area contributed by atoms with Crippen LogP contribution in [0.4, 0.5) is 24.0 Å². The number of amides is 1. The van der Waals surface area contributed by atoms with Gasteiger partial charge < -0.3 is 16.4 Å². The standard InChI is InChI=1S/C9H13F3N4OS/c1-14-7(17)5-6(13)16-18-8(5)15-4-2-3-9(10,11)12/h15H,2-4H2,1H3,(H2,13,16)(H,14,17). The first kappa shape index (κ1) is 14.6. The van der Waals surface area contributed by atoms with Crippen molar-refractivity contribution < 1.29 is 18.0 Å². The predicted molar refractivity (Wildman–Crippen MR) is 63.7 cm³/mol. The van der Waals surface area contributed by atoms with Crippen LogP contribution in [0.25, 0.3) is 0 Å². The highest BCUT2D eigenvalue weighted by atomic mass is 32.1. The number of anilines is 2. The Morgan fingerprint density at radius 1 is 1.50 bits per heavy atom. The number of nitrogens with one attached hydrogen (secondary N) is 2. The fraction of sp³-hybridized carbons (Fsp3) is 0.556. The Labute approximate surface area is 106 Å². The van der Waals surface area contributed by atoms with Crippen LogP contribution in [0, 0.1) is 0 Å². The molecule has 0 aliphatic rings. The summed E-state index contributed by atoms with van der Waals surface area (Å²) in [6.07, 6.45) is -5.11. The van der Waals surface area contributed by atoms with Crippen LogP contribution in [0.1, 0.15) is 23.2 Å². The average Bonchev–Trinajstić information content (AvgIpc) is 2.64. The molecule has 0 saturated carbocycles. The fourth-order valence-electron chi connectivity index (χ4n) is 1.26. The van der Waals surface area contributed by atoms with Crippen molar-refractivity contribution in [2.24, 2.45) is 0 Å². The lowest BCUT2D eigenvalue weighted by atomic mass is 10.2. The summed E-state index contributed by atoms with van der Waals surface area (Å²) in [4.78, 5) is 11.5.